The number of hydrogen-bond acceptors (Lipinski definition) is 2. The highest BCUT2D eigenvalue weighted by atomic mass is 79.9. The molecule has 0 aliphatic rings. The summed E-state index contributed by atoms with van der Waals surface area (Å²) in [5, 5.41) is 1.24. The second-order valence-corrected chi connectivity index (χ2v) is 5.84. The Morgan fingerprint density at radius 3 is 2.25 bits per heavy atom. The van der Waals surface area contributed by atoms with Crippen molar-refractivity contribution in [1.82, 2.24) is 4.98 Å². The van der Waals surface area contributed by atoms with Gasteiger partial charge in [-0.05, 0) is 13.8 Å². The molecular formula is C9H14BrNS. The Labute approximate surface area is 86.3 Å². The third kappa shape index (κ3) is 2.07. The lowest BCUT2D eigenvalue weighted by Crippen LogP contribution is -2.03. The standard InChI is InChI=1S/C9H14BrNS/c1-5(6(2)10)9-11-7(3)8(4)12-9/h5-6H,1-4H3. The molecule has 1 aromatic rings. The van der Waals surface area contributed by atoms with Crippen molar-refractivity contribution in [2.24, 2.45) is 0 Å². The molecule has 0 amide bonds. The van der Waals surface area contributed by atoms with E-state index in [0.717, 1.165) is 0 Å². The molecule has 1 nitrogen and oxygen atoms in total. The van der Waals surface area contributed by atoms with Crippen molar-refractivity contribution in [3.8, 4) is 0 Å². The molecule has 0 radical (unpaired) electrons. The second kappa shape index (κ2) is 3.88. The smallest absolute Gasteiger partial charge is 0.0970 e. The summed E-state index contributed by atoms with van der Waals surface area (Å²) in [5.74, 6) is 0.516. The molecule has 1 heterocycles. The van der Waals surface area contributed by atoms with E-state index in [1.807, 2.05) is 11.3 Å². The van der Waals surface area contributed by atoms with Crippen LogP contribution in [0, 0.1) is 13.8 Å². The largest absolute Gasteiger partial charge is 0.246 e. The van der Waals surface area contributed by atoms with Gasteiger partial charge < -0.3 is 0 Å². The van der Waals surface area contributed by atoms with Crippen molar-refractivity contribution in [3.05, 3.63) is 15.6 Å². The molecule has 0 bridgehead atoms. The van der Waals surface area contributed by atoms with E-state index < -0.39 is 0 Å². The minimum atomic E-state index is 0.502. The zero-order valence-electron chi connectivity index (χ0n) is 7.89. The van der Waals surface area contributed by atoms with Gasteiger partial charge in [0, 0.05) is 15.6 Å². The van der Waals surface area contributed by atoms with E-state index in [4.69, 9.17) is 0 Å². The van der Waals surface area contributed by atoms with E-state index in [2.05, 4.69) is 48.6 Å². The van der Waals surface area contributed by atoms with Crippen LogP contribution in [0.25, 0.3) is 0 Å². The summed E-state index contributed by atoms with van der Waals surface area (Å²) in [6, 6.07) is 0. The number of halogens is 1. The van der Waals surface area contributed by atoms with Crippen LogP contribution in [-0.2, 0) is 0 Å². The number of aryl methyl sites for hydroxylation is 2. The Morgan fingerprint density at radius 2 is 1.92 bits per heavy atom. The highest BCUT2D eigenvalue weighted by Crippen LogP contribution is 2.29. The van der Waals surface area contributed by atoms with Gasteiger partial charge in [-0.2, -0.15) is 0 Å². The SMILES string of the molecule is Cc1nc(C(C)C(C)Br)sc1C. The summed E-state index contributed by atoms with van der Waals surface area (Å²) in [6.07, 6.45) is 0. The van der Waals surface area contributed by atoms with Crippen molar-refractivity contribution in [2.45, 2.75) is 38.4 Å². The van der Waals surface area contributed by atoms with Gasteiger partial charge in [-0.15, -0.1) is 11.3 Å². The molecule has 68 valence electrons. The van der Waals surface area contributed by atoms with E-state index in [1.54, 1.807) is 0 Å². The average Bonchev–Trinajstić information content (AvgIpc) is 2.30. The maximum absolute atomic E-state index is 4.52. The number of aromatic nitrogens is 1. The van der Waals surface area contributed by atoms with E-state index in [1.165, 1.54) is 15.6 Å². The molecule has 0 saturated heterocycles. The quantitative estimate of drug-likeness (QED) is 0.728. The van der Waals surface area contributed by atoms with Crippen LogP contribution in [0.3, 0.4) is 0 Å². The van der Waals surface area contributed by atoms with Crippen molar-refractivity contribution in [2.75, 3.05) is 0 Å². The number of hydrogen-bond donors (Lipinski definition) is 0. The molecule has 0 aromatic carbocycles. The van der Waals surface area contributed by atoms with Crippen molar-refractivity contribution >= 4 is 27.3 Å². The number of alkyl halides is 1. The first-order valence-electron chi connectivity index (χ1n) is 4.10. The highest BCUT2D eigenvalue weighted by molar-refractivity contribution is 9.09. The molecule has 2 atom stereocenters. The molecular weight excluding hydrogens is 234 g/mol. The molecule has 0 saturated carbocycles. The Hall–Kier alpha value is 0.110. The molecule has 0 aliphatic heterocycles. The Balaban J connectivity index is 2.89. The molecule has 0 fully saturated rings. The van der Waals surface area contributed by atoms with Gasteiger partial charge in [-0.3, -0.25) is 0 Å². The maximum Gasteiger partial charge on any atom is 0.0970 e. The molecule has 0 N–H and O–H groups in total. The van der Waals surface area contributed by atoms with E-state index in [-0.39, 0.29) is 0 Å². The van der Waals surface area contributed by atoms with Gasteiger partial charge in [0.25, 0.3) is 0 Å². The molecule has 0 aliphatic carbocycles. The lowest BCUT2D eigenvalue weighted by Gasteiger charge is -2.09. The van der Waals surface area contributed by atoms with E-state index >= 15 is 0 Å². The molecule has 1 aromatic heterocycles. The number of rotatable bonds is 2. The zero-order valence-corrected chi connectivity index (χ0v) is 10.3. The molecule has 3 heteroatoms. The highest BCUT2D eigenvalue weighted by Gasteiger charge is 2.15. The molecule has 0 spiro atoms. The fourth-order valence-corrected chi connectivity index (χ4v) is 2.39. The second-order valence-electron chi connectivity index (χ2n) is 3.16. The minimum Gasteiger partial charge on any atom is -0.246 e. The van der Waals surface area contributed by atoms with Crippen LogP contribution in [0.4, 0.5) is 0 Å². The summed E-state index contributed by atoms with van der Waals surface area (Å²) in [7, 11) is 0. The van der Waals surface area contributed by atoms with Crippen LogP contribution in [-0.4, -0.2) is 9.81 Å². The molecule has 2 unspecified atom stereocenters. The van der Waals surface area contributed by atoms with Crippen molar-refractivity contribution < 1.29 is 0 Å². The fourth-order valence-electron chi connectivity index (χ4n) is 0.889. The van der Waals surface area contributed by atoms with Gasteiger partial charge >= 0.3 is 0 Å². The topological polar surface area (TPSA) is 12.9 Å². The van der Waals surface area contributed by atoms with Gasteiger partial charge in [-0.25, -0.2) is 4.98 Å². The number of nitrogens with zero attached hydrogens (tertiary/aromatic N) is 1. The van der Waals surface area contributed by atoms with Crippen LogP contribution in [0.1, 0.15) is 35.3 Å². The molecule has 1 rings (SSSR count). The third-order valence-electron chi connectivity index (χ3n) is 2.12. The van der Waals surface area contributed by atoms with Gasteiger partial charge in [0.2, 0.25) is 0 Å². The predicted octanol–water partition coefficient (Wildman–Crippen LogP) is 3.65. The first kappa shape index (κ1) is 10.2. The van der Waals surface area contributed by atoms with Crippen LogP contribution in [0.15, 0.2) is 0 Å². The van der Waals surface area contributed by atoms with Crippen LogP contribution in [0.5, 0.6) is 0 Å². The monoisotopic (exact) mass is 247 g/mol. The first-order valence-corrected chi connectivity index (χ1v) is 5.83. The van der Waals surface area contributed by atoms with Gasteiger partial charge in [-0.1, -0.05) is 29.8 Å². The summed E-state index contributed by atoms with van der Waals surface area (Å²) < 4.78 is 0. The van der Waals surface area contributed by atoms with E-state index in [9.17, 15) is 0 Å². The Bertz CT molecular complexity index is 248. The van der Waals surface area contributed by atoms with Crippen molar-refractivity contribution in [1.29, 1.82) is 0 Å². The van der Waals surface area contributed by atoms with Gasteiger partial charge in [0.15, 0.2) is 0 Å². The van der Waals surface area contributed by atoms with Crippen LogP contribution in [0.2, 0.25) is 0 Å². The number of thiazole rings is 1. The zero-order chi connectivity index (χ0) is 9.30. The third-order valence-corrected chi connectivity index (χ3v) is 4.19. The van der Waals surface area contributed by atoms with Crippen LogP contribution >= 0.6 is 27.3 Å². The fraction of sp³-hybridized carbons (Fsp3) is 0.667. The van der Waals surface area contributed by atoms with Gasteiger partial charge in [0.05, 0.1) is 10.7 Å². The molecule has 12 heavy (non-hydrogen) atoms. The minimum absolute atomic E-state index is 0.502. The average molecular weight is 248 g/mol. The van der Waals surface area contributed by atoms with Crippen LogP contribution < -0.4 is 0 Å². The summed E-state index contributed by atoms with van der Waals surface area (Å²) >= 11 is 5.39. The van der Waals surface area contributed by atoms with Crippen molar-refractivity contribution in [3.63, 3.8) is 0 Å². The Kier molecular flexibility index (Phi) is 3.29. The Morgan fingerprint density at radius 1 is 1.33 bits per heavy atom. The summed E-state index contributed by atoms with van der Waals surface area (Å²) in [5.41, 5.74) is 1.18. The summed E-state index contributed by atoms with van der Waals surface area (Å²) in [4.78, 5) is 6.36. The van der Waals surface area contributed by atoms with Gasteiger partial charge in [0.1, 0.15) is 0 Å². The normalized spacial score (nSPS) is 16.1. The predicted molar refractivity (Wildman–Crippen MR) is 58.4 cm³/mol. The summed E-state index contributed by atoms with van der Waals surface area (Å²) in [6.45, 7) is 8.57. The lowest BCUT2D eigenvalue weighted by molar-refractivity contribution is 0.751. The first-order chi connectivity index (χ1) is 5.52. The van der Waals surface area contributed by atoms with E-state index in [0.29, 0.717) is 10.7 Å². The lowest BCUT2D eigenvalue weighted by atomic mass is 10.1. The maximum atomic E-state index is 4.52.